The van der Waals surface area contributed by atoms with E-state index in [1.165, 1.54) is 32.4 Å². The van der Waals surface area contributed by atoms with E-state index in [1.54, 1.807) is 12.4 Å². The van der Waals surface area contributed by atoms with Crippen LogP contribution in [0.5, 0.6) is 5.75 Å². The van der Waals surface area contributed by atoms with E-state index in [2.05, 4.69) is 20.2 Å². The first-order valence-electron chi connectivity index (χ1n) is 10.3. The van der Waals surface area contributed by atoms with Crippen LogP contribution in [0.25, 0.3) is 11.1 Å². The fraction of sp³-hybridized carbons (Fsp3) is 0.348. The first kappa shape index (κ1) is 19.8. The number of aromatic amines is 1. The molecule has 3 aromatic rings. The summed E-state index contributed by atoms with van der Waals surface area (Å²) in [5.74, 6) is 1.52. The molecule has 0 radical (unpaired) electrons. The maximum atomic E-state index is 6.44. The molecule has 2 aromatic carbocycles. The predicted octanol–water partition coefficient (Wildman–Crippen LogP) is 5.73. The molecule has 2 N–H and O–H groups in total. The molecule has 1 fully saturated rings. The van der Waals surface area contributed by atoms with Gasteiger partial charge in [0.25, 0.3) is 0 Å². The van der Waals surface area contributed by atoms with Crippen molar-refractivity contribution in [2.75, 3.05) is 31.6 Å². The average Bonchev–Trinajstić information content (AvgIpc) is 3.26. The number of hydrogen-bond donors (Lipinski definition) is 2. The molecule has 152 valence electrons. The molecule has 0 atom stereocenters. The number of imidazole rings is 1. The molecule has 0 bridgehead atoms. The normalized spacial score (nSPS) is 14.7. The van der Waals surface area contributed by atoms with Crippen LogP contribution >= 0.6 is 11.6 Å². The highest BCUT2D eigenvalue weighted by Crippen LogP contribution is 2.36. The van der Waals surface area contributed by atoms with Crippen LogP contribution in [-0.2, 0) is 0 Å². The zero-order chi connectivity index (χ0) is 19.9. The van der Waals surface area contributed by atoms with Crippen molar-refractivity contribution in [3.05, 3.63) is 59.9 Å². The summed E-state index contributed by atoms with van der Waals surface area (Å²) in [7, 11) is 0. The Kier molecular flexibility index (Phi) is 6.70. The summed E-state index contributed by atoms with van der Waals surface area (Å²) in [6.45, 7) is 4.27. The molecule has 0 amide bonds. The Labute approximate surface area is 177 Å². The zero-order valence-corrected chi connectivity index (χ0v) is 17.3. The van der Waals surface area contributed by atoms with Crippen LogP contribution in [-0.4, -0.2) is 41.1 Å². The van der Waals surface area contributed by atoms with Gasteiger partial charge in [0.15, 0.2) is 0 Å². The van der Waals surface area contributed by atoms with Gasteiger partial charge in [-0.1, -0.05) is 36.2 Å². The van der Waals surface area contributed by atoms with E-state index in [0.717, 1.165) is 35.5 Å². The Bertz CT molecular complexity index is 907. The molecule has 2 heterocycles. The molecule has 0 spiro atoms. The molecule has 1 aliphatic heterocycles. The lowest BCUT2D eigenvalue weighted by molar-refractivity contribution is 0.205. The summed E-state index contributed by atoms with van der Waals surface area (Å²) >= 11 is 6.44. The fourth-order valence-electron chi connectivity index (χ4n) is 3.75. The minimum atomic E-state index is 0.681. The molecule has 1 aliphatic rings. The molecule has 6 heteroatoms. The van der Waals surface area contributed by atoms with Gasteiger partial charge in [-0.05, 0) is 50.6 Å². The van der Waals surface area contributed by atoms with Crippen molar-refractivity contribution in [3.63, 3.8) is 0 Å². The highest BCUT2D eigenvalue weighted by Gasteiger charge is 2.12. The number of anilines is 2. The minimum absolute atomic E-state index is 0.681. The fourth-order valence-corrected chi connectivity index (χ4v) is 3.99. The van der Waals surface area contributed by atoms with Gasteiger partial charge in [0.1, 0.15) is 5.75 Å². The highest BCUT2D eigenvalue weighted by atomic mass is 35.5. The third-order valence-corrected chi connectivity index (χ3v) is 5.57. The van der Waals surface area contributed by atoms with E-state index < -0.39 is 0 Å². The van der Waals surface area contributed by atoms with Gasteiger partial charge in [-0.15, -0.1) is 0 Å². The monoisotopic (exact) mass is 410 g/mol. The van der Waals surface area contributed by atoms with Crippen molar-refractivity contribution in [1.82, 2.24) is 14.9 Å². The number of piperidine rings is 1. The Morgan fingerprint density at radius 3 is 2.72 bits per heavy atom. The lowest BCUT2D eigenvalue weighted by Crippen LogP contribution is -2.31. The van der Waals surface area contributed by atoms with Crippen LogP contribution < -0.4 is 10.1 Å². The number of nitrogens with zero attached hydrogens (tertiary/aromatic N) is 2. The molecule has 0 aliphatic carbocycles. The van der Waals surface area contributed by atoms with Crippen LogP contribution in [0, 0.1) is 0 Å². The van der Waals surface area contributed by atoms with Crippen molar-refractivity contribution in [2.45, 2.75) is 25.7 Å². The third-order valence-electron chi connectivity index (χ3n) is 5.24. The van der Waals surface area contributed by atoms with Gasteiger partial charge < -0.3 is 19.9 Å². The van der Waals surface area contributed by atoms with Gasteiger partial charge in [0, 0.05) is 41.2 Å². The molecule has 1 aromatic heterocycles. The first-order chi connectivity index (χ1) is 14.3. The lowest BCUT2D eigenvalue weighted by Gasteiger charge is -2.26. The topological polar surface area (TPSA) is 53.2 Å². The Morgan fingerprint density at radius 1 is 1.07 bits per heavy atom. The first-order valence-corrected chi connectivity index (χ1v) is 10.7. The summed E-state index contributed by atoms with van der Waals surface area (Å²) in [6, 6.07) is 13.9. The van der Waals surface area contributed by atoms with Gasteiger partial charge in [-0.3, -0.25) is 0 Å². The van der Waals surface area contributed by atoms with Crippen LogP contribution in [0.4, 0.5) is 11.6 Å². The van der Waals surface area contributed by atoms with Crippen LogP contribution in [0.2, 0.25) is 5.02 Å². The average molecular weight is 411 g/mol. The zero-order valence-electron chi connectivity index (χ0n) is 16.5. The van der Waals surface area contributed by atoms with Crippen molar-refractivity contribution in [1.29, 1.82) is 0 Å². The second-order valence-corrected chi connectivity index (χ2v) is 7.76. The number of benzene rings is 2. The van der Waals surface area contributed by atoms with Crippen molar-refractivity contribution >= 4 is 23.2 Å². The summed E-state index contributed by atoms with van der Waals surface area (Å²) in [5, 5.41) is 4.06. The van der Waals surface area contributed by atoms with E-state index >= 15 is 0 Å². The van der Waals surface area contributed by atoms with E-state index in [1.807, 2.05) is 42.5 Å². The van der Waals surface area contributed by atoms with Crippen LogP contribution in [0.1, 0.15) is 25.7 Å². The summed E-state index contributed by atoms with van der Waals surface area (Å²) < 4.78 is 6.05. The van der Waals surface area contributed by atoms with E-state index in [0.29, 0.717) is 17.6 Å². The van der Waals surface area contributed by atoms with Crippen molar-refractivity contribution in [3.8, 4) is 16.9 Å². The molecule has 1 saturated heterocycles. The van der Waals surface area contributed by atoms with Gasteiger partial charge >= 0.3 is 0 Å². The minimum Gasteiger partial charge on any atom is -0.493 e. The maximum Gasteiger partial charge on any atom is 0.204 e. The number of halogens is 1. The number of hydrogen-bond acceptors (Lipinski definition) is 4. The number of likely N-dealkylation sites (tertiary alicyclic amines) is 1. The molecular weight excluding hydrogens is 384 g/mol. The van der Waals surface area contributed by atoms with E-state index in [9.17, 15) is 0 Å². The van der Waals surface area contributed by atoms with Gasteiger partial charge in [-0.25, -0.2) is 4.98 Å². The number of rotatable bonds is 8. The third kappa shape index (κ3) is 5.31. The van der Waals surface area contributed by atoms with Gasteiger partial charge in [0.2, 0.25) is 5.95 Å². The molecule has 0 saturated carbocycles. The molecule has 0 unspecified atom stereocenters. The molecule has 4 rings (SSSR count). The molecular formula is C23H27ClN4O. The lowest BCUT2D eigenvalue weighted by atomic mass is 10.0. The highest BCUT2D eigenvalue weighted by molar-refractivity contribution is 6.33. The Hall–Kier alpha value is -2.50. The number of aromatic nitrogens is 2. The van der Waals surface area contributed by atoms with Crippen LogP contribution in [0.3, 0.4) is 0 Å². The largest absolute Gasteiger partial charge is 0.493 e. The van der Waals surface area contributed by atoms with Crippen molar-refractivity contribution < 1.29 is 4.74 Å². The summed E-state index contributed by atoms with van der Waals surface area (Å²) in [6.07, 6.45) is 8.57. The number of ether oxygens (including phenoxy) is 1. The summed E-state index contributed by atoms with van der Waals surface area (Å²) in [4.78, 5) is 9.90. The maximum absolute atomic E-state index is 6.44. The smallest absolute Gasteiger partial charge is 0.204 e. The van der Waals surface area contributed by atoms with Crippen LogP contribution in [0.15, 0.2) is 54.9 Å². The van der Waals surface area contributed by atoms with Gasteiger partial charge in [-0.2, -0.15) is 0 Å². The SMILES string of the molecule is Clc1ccccc1-c1ccc(OCCCN2CCCCC2)cc1Nc1ncc[nH]1. The van der Waals surface area contributed by atoms with E-state index in [4.69, 9.17) is 16.3 Å². The Balaban J connectivity index is 1.46. The quantitative estimate of drug-likeness (QED) is 0.466. The standard InChI is InChI=1S/C23H27ClN4O/c24-21-8-3-2-7-19(21)20-10-9-18(17-22(20)27-23-25-11-12-26-23)29-16-6-15-28-13-4-1-5-14-28/h2-3,7-12,17H,1,4-6,13-16H2,(H2,25,26,27). The van der Waals surface area contributed by atoms with E-state index in [-0.39, 0.29) is 0 Å². The number of H-pyrrole nitrogens is 1. The molecule has 5 nitrogen and oxygen atoms in total. The van der Waals surface area contributed by atoms with Crippen molar-refractivity contribution in [2.24, 2.45) is 0 Å². The second kappa shape index (κ2) is 9.81. The van der Waals surface area contributed by atoms with Gasteiger partial charge in [0.05, 0.1) is 12.3 Å². The summed E-state index contributed by atoms with van der Waals surface area (Å²) in [5.41, 5.74) is 2.88. The Morgan fingerprint density at radius 2 is 1.93 bits per heavy atom. The molecule has 29 heavy (non-hydrogen) atoms. The second-order valence-electron chi connectivity index (χ2n) is 7.35. The predicted molar refractivity (Wildman–Crippen MR) is 119 cm³/mol. The number of nitrogens with one attached hydrogen (secondary N) is 2.